The van der Waals surface area contributed by atoms with Crippen molar-refractivity contribution in [1.82, 2.24) is 0 Å². The first kappa shape index (κ1) is 19.2. The monoisotopic (exact) mass is 344 g/mol. The second-order valence-electron chi connectivity index (χ2n) is 7.34. The van der Waals surface area contributed by atoms with Crippen molar-refractivity contribution < 1.29 is 19.0 Å². The lowest BCUT2D eigenvalue weighted by Crippen LogP contribution is -2.38. The largest absolute Gasteiger partial charge is 0.509 e. The molecule has 0 heterocycles. The maximum Gasteiger partial charge on any atom is 0.509 e. The van der Waals surface area contributed by atoms with Crippen molar-refractivity contribution in [2.24, 2.45) is 0 Å². The highest BCUT2D eigenvalue weighted by Crippen LogP contribution is 2.28. The molecular formula is C21H28O4. The van der Waals surface area contributed by atoms with Crippen LogP contribution in [-0.2, 0) is 14.9 Å². The van der Waals surface area contributed by atoms with Crippen LogP contribution in [0.4, 0.5) is 4.79 Å². The molecule has 1 fully saturated rings. The van der Waals surface area contributed by atoms with Gasteiger partial charge in [0.25, 0.3) is 0 Å². The van der Waals surface area contributed by atoms with Gasteiger partial charge in [0.1, 0.15) is 18.0 Å². The maximum atomic E-state index is 11.8. The van der Waals surface area contributed by atoms with E-state index in [0.717, 1.165) is 31.4 Å². The molecule has 1 aromatic carbocycles. The van der Waals surface area contributed by atoms with Gasteiger partial charge in [-0.2, -0.15) is 0 Å². The van der Waals surface area contributed by atoms with Crippen LogP contribution >= 0.6 is 0 Å². The Morgan fingerprint density at radius 3 is 2.36 bits per heavy atom. The van der Waals surface area contributed by atoms with E-state index in [-0.39, 0.29) is 24.2 Å². The highest BCUT2D eigenvalue weighted by molar-refractivity contribution is 5.60. The van der Waals surface area contributed by atoms with Crippen molar-refractivity contribution in [3.8, 4) is 17.6 Å². The number of rotatable bonds is 4. The summed E-state index contributed by atoms with van der Waals surface area (Å²) in [7, 11) is 0. The Hall–Kier alpha value is -2.15. The quantitative estimate of drug-likeness (QED) is 0.578. The molecule has 136 valence electrons. The standard InChI is InChI=1S/C21H28O4/c1-5-6-15-23-20(22)25-19-10-8-7-9-18(19)24-17-13-11-16(12-14-17)21(2,3)4/h11-14,18-19H,7-10,15H2,1-4H3. The number of hydrogen-bond acceptors (Lipinski definition) is 4. The summed E-state index contributed by atoms with van der Waals surface area (Å²) >= 11 is 0. The number of benzene rings is 1. The van der Waals surface area contributed by atoms with E-state index in [2.05, 4.69) is 44.7 Å². The van der Waals surface area contributed by atoms with Gasteiger partial charge >= 0.3 is 6.16 Å². The van der Waals surface area contributed by atoms with Crippen LogP contribution in [0.1, 0.15) is 58.9 Å². The van der Waals surface area contributed by atoms with Gasteiger partial charge in [-0.05, 0) is 55.7 Å². The fourth-order valence-corrected chi connectivity index (χ4v) is 2.87. The Morgan fingerprint density at radius 2 is 1.76 bits per heavy atom. The van der Waals surface area contributed by atoms with Crippen molar-refractivity contribution >= 4 is 6.16 Å². The van der Waals surface area contributed by atoms with E-state index >= 15 is 0 Å². The lowest BCUT2D eigenvalue weighted by Gasteiger charge is -2.31. The lowest BCUT2D eigenvalue weighted by atomic mass is 9.87. The topological polar surface area (TPSA) is 44.8 Å². The average molecular weight is 344 g/mol. The molecule has 1 aliphatic rings. The molecule has 2 unspecified atom stereocenters. The van der Waals surface area contributed by atoms with E-state index < -0.39 is 6.16 Å². The third-order valence-electron chi connectivity index (χ3n) is 4.34. The van der Waals surface area contributed by atoms with Crippen molar-refractivity contribution in [3.63, 3.8) is 0 Å². The summed E-state index contributed by atoms with van der Waals surface area (Å²) in [5.74, 6) is 6.16. The fourth-order valence-electron chi connectivity index (χ4n) is 2.87. The molecule has 1 aliphatic carbocycles. The van der Waals surface area contributed by atoms with E-state index in [0.29, 0.717) is 0 Å². The SMILES string of the molecule is CC#CCOC(=O)OC1CCCCC1Oc1ccc(C(C)(C)C)cc1. The molecule has 25 heavy (non-hydrogen) atoms. The lowest BCUT2D eigenvalue weighted by molar-refractivity contribution is -0.0367. The molecule has 4 heteroatoms. The predicted octanol–water partition coefficient (Wildman–Crippen LogP) is 4.85. The Morgan fingerprint density at radius 1 is 1.12 bits per heavy atom. The smallest absolute Gasteiger partial charge is 0.487 e. The average Bonchev–Trinajstić information content (AvgIpc) is 2.56. The van der Waals surface area contributed by atoms with Crippen molar-refractivity contribution in [2.75, 3.05) is 6.61 Å². The molecule has 1 aromatic rings. The molecule has 0 saturated heterocycles. The van der Waals surface area contributed by atoms with Gasteiger partial charge in [0.15, 0.2) is 6.61 Å². The zero-order valence-corrected chi connectivity index (χ0v) is 15.6. The predicted molar refractivity (Wildman–Crippen MR) is 97.7 cm³/mol. The number of ether oxygens (including phenoxy) is 3. The zero-order valence-electron chi connectivity index (χ0n) is 15.6. The van der Waals surface area contributed by atoms with Crippen LogP contribution in [0.15, 0.2) is 24.3 Å². The second-order valence-corrected chi connectivity index (χ2v) is 7.34. The van der Waals surface area contributed by atoms with E-state index in [1.165, 1.54) is 5.56 Å². The van der Waals surface area contributed by atoms with Crippen molar-refractivity contribution in [2.45, 2.75) is 71.0 Å². The maximum absolute atomic E-state index is 11.8. The van der Waals surface area contributed by atoms with Crippen LogP contribution < -0.4 is 4.74 Å². The third kappa shape index (κ3) is 6.01. The van der Waals surface area contributed by atoms with Gasteiger partial charge in [0.2, 0.25) is 0 Å². The molecule has 4 nitrogen and oxygen atoms in total. The minimum absolute atomic E-state index is 0.0574. The number of hydrogen-bond donors (Lipinski definition) is 0. The normalized spacial score (nSPS) is 20.2. The van der Waals surface area contributed by atoms with E-state index in [1.807, 2.05) is 12.1 Å². The number of carbonyl (C=O) groups is 1. The van der Waals surface area contributed by atoms with E-state index in [4.69, 9.17) is 14.2 Å². The molecule has 0 N–H and O–H groups in total. The molecule has 0 bridgehead atoms. The van der Waals surface area contributed by atoms with Gasteiger partial charge in [-0.15, -0.1) is 5.92 Å². The summed E-state index contributed by atoms with van der Waals surface area (Å²) in [5.41, 5.74) is 1.37. The summed E-state index contributed by atoms with van der Waals surface area (Å²) < 4.78 is 16.5. The van der Waals surface area contributed by atoms with Gasteiger partial charge in [0.05, 0.1) is 0 Å². The van der Waals surface area contributed by atoms with Crippen LogP contribution in [0.3, 0.4) is 0 Å². The van der Waals surface area contributed by atoms with E-state index in [1.54, 1.807) is 6.92 Å². The molecule has 0 amide bonds. The Labute approximate surface area is 150 Å². The van der Waals surface area contributed by atoms with Gasteiger partial charge in [0, 0.05) is 0 Å². The molecule has 1 saturated carbocycles. The minimum atomic E-state index is -0.675. The molecular weight excluding hydrogens is 316 g/mol. The van der Waals surface area contributed by atoms with Crippen molar-refractivity contribution in [1.29, 1.82) is 0 Å². The first-order valence-electron chi connectivity index (χ1n) is 8.90. The summed E-state index contributed by atoms with van der Waals surface area (Å²) in [5, 5.41) is 0. The summed E-state index contributed by atoms with van der Waals surface area (Å²) in [6.45, 7) is 8.31. The highest BCUT2D eigenvalue weighted by atomic mass is 16.7. The van der Waals surface area contributed by atoms with Crippen LogP contribution in [0.25, 0.3) is 0 Å². The van der Waals surface area contributed by atoms with Gasteiger partial charge in [-0.1, -0.05) is 38.8 Å². The van der Waals surface area contributed by atoms with Gasteiger partial charge in [-0.25, -0.2) is 4.79 Å². The summed E-state index contributed by atoms with van der Waals surface area (Å²) in [6.07, 6.45) is 2.66. The Kier molecular flexibility index (Phi) is 6.75. The van der Waals surface area contributed by atoms with Crippen LogP contribution in [-0.4, -0.2) is 25.0 Å². The molecule has 0 aliphatic heterocycles. The Bertz CT molecular complexity index is 616. The molecule has 0 spiro atoms. The van der Waals surface area contributed by atoms with Crippen LogP contribution in [0.2, 0.25) is 0 Å². The summed E-state index contributed by atoms with van der Waals surface area (Å²) in [6, 6.07) is 8.15. The molecule has 2 atom stereocenters. The number of carbonyl (C=O) groups excluding carboxylic acids is 1. The minimum Gasteiger partial charge on any atom is -0.487 e. The zero-order chi connectivity index (χ0) is 18.3. The second kappa shape index (κ2) is 8.80. The highest BCUT2D eigenvalue weighted by Gasteiger charge is 2.30. The first-order chi connectivity index (χ1) is 11.9. The van der Waals surface area contributed by atoms with Crippen molar-refractivity contribution in [3.05, 3.63) is 29.8 Å². The summed E-state index contributed by atoms with van der Waals surface area (Å²) in [4.78, 5) is 11.8. The fraction of sp³-hybridized carbons (Fsp3) is 0.571. The third-order valence-corrected chi connectivity index (χ3v) is 4.34. The van der Waals surface area contributed by atoms with Gasteiger partial charge < -0.3 is 14.2 Å². The molecule has 2 rings (SSSR count). The molecule has 0 aromatic heterocycles. The van der Waals surface area contributed by atoms with Crippen LogP contribution in [0, 0.1) is 11.8 Å². The van der Waals surface area contributed by atoms with Crippen LogP contribution in [0.5, 0.6) is 5.75 Å². The molecule has 0 radical (unpaired) electrons. The van der Waals surface area contributed by atoms with Gasteiger partial charge in [-0.3, -0.25) is 0 Å². The van der Waals surface area contributed by atoms with E-state index in [9.17, 15) is 4.79 Å². The first-order valence-corrected chi connectivity index (χ1v) is 8.90. The Balaban J connectivity index is 1.95.